The predicted molar refractivity (Wildman–Crippen MR) is 202 cm³/mol. The van der Waals surface area contributed by atoms with Crippen molar-refractivity contribution >= 4 is 29.2 Å². The molecule has 6 heterocycles. The lowest BCUT2D eigenvalue weighted by molar-refractivity contribution is -0.137. The molecule has 0 radical (unpaired) electrons. The molecule has 1 aliphatic carbocycles. The largest absolute Gasteiger partial charge is 0.508 e. The third-order valence-electron chi connectivity index (χ3n) is 11.6. The Morgan fingerprint density at radius 2 is 1.82 bits per heavy atom. The molecule has 5 atom stereocenters. The van der Waals surface area contributed by atoms with Crippen LogP contribution < -0.4 is 20.7 Å². The Morgan fingerprint density at radius 3 is 2.62 bits per heavy atom. The number of aromatic nitrogens is 2. The van der Waals surface area contributed by atoms with Crippen LogP contribution in [0.5, 0.6) is 5.75 Å². The van der Waals surface area contributed by atoms with Crippen molar-refractivity contribution in [3.8, 4) is 28.5 Å². The lowest BCUT2D eigenvalue weighted by Crippen LogP contribution is -2.53. The number of nitrogens with zero attached hydrogens (tertiary/aromatic N) is 2. The number of ether oxygens (including phenoxy) is 3. The number of oxazole rings is 2. The topological polar surface area (TPSA) is 167 Å². The van der Waals surface area contributed by atoms with Crippen LogP contribution in [0.15, 0.2) is 75.7 Å². The van der Waals surface area contributed by atoms with E-state index in [-0.39, 0.29) is 24.1 Å². The molecular formula is C43H39N5O8. The Hall–Kier alpha value is -6.37. The van der Waals surface area contributed by atoms with Gasteiger partial charge >= 0.3 is 6.16 Å². The Kier molecular flexibility index (Phi) is 7.51. The van der Waals surface area contributed by atoms with Crippen LogP contribution in [0.25, 0.3) is 28.3 Å². The number of hydrogen-bond donors (Lipinski definition) is 3. The van der Waals surface area contributed by atoms with Gasteiger partial charge < -0.3 is 39.0 Å². The molecule has 56 heavy (non-hydrogen) atoms. The Bertz CT molecular complexity index is 2530. The van der Waals surface area contributed by atoms with Gasteiger partial charge in [0.2, 0.25) is 17.7 Å². The third-order valence-corrected chi connectivity index (χ3v) is 11.6. The number of carbonyl (C=O) groups is 3. The number of amides is 2. The first-order valence-corrected chi connectivity index (χ1v) is 18.9. The molecule has 3 N–H and O–H groups in total. The van der Waals surface area contributed by atoms with Crippen LogP contribution in [0.4, 0.5) is 10.5 Å². The molecule has 10 rings (SSSR count). The fourth-order valence-corrected chi connectivity index (χ4v) is 9.00. The van der Waals surface area contributed by atoms with Crippen LogP contribution in [0, 0.1) is 11.8 Å². The van der Waals surface area contributed by atoms with E-state index < -0.39 is 53.7 Å². The van der Waals surface area contributed by atoms with Gasteiger partial charge in [-0.2, -0.15) is 0 Å². The highest BCUT2D eigenvalue weighted by Crippen LogP contribution is 2.61. The van der Waals surface area contributed by atoms with Crippen LogP contribution in [0.3, 0.4) is 0 Å². The summed E-state index contributed by atoms with van der Waals surface area (Å²) in [7, 11) is 1.17. The minimum atomic E-state index is -1.20. The molecule has 13 nitrogen and oxygen atoms in total. The van der Waals surface area contributed by atoms with Crippen molar-refractivity contribution in [2.24, 2.45) is 11.8 Å². The van der Waals surface area contributed by atoms with Gasteiger partial charge in [0.1, 0.15) is 23.2 Å². The van der Waals surface area contributed by atoms with E-state index in [9.17, 15) is 14.4 Å². The van der Waals surface area contributed by atoms with Crippen molar-refractivity contribution in [3.05, 3.63) is 112 Å². The number of allylic oxidation sites excluding steroid dienone is 1. The average Bonchev–Trinajstić information content (AvgIpc) is 4.01. The summed E-state index contributed by atoms with van der Waals surface area (Å²) in [5.74, 6) is 0.546. The van der Waals surface area contributed by atoms with E-state index in [2.05, 4.69) is 63.2 Å². The fourth-order valence-electron chi connectivity index (χ4n) is 9.00. The molecule has 2 amide bonds. The number of fused-ring (bicyclic) bond motifs is 7. The normalized spacial score (nSPS) is 22.4. The summed E-state index contributed by atoms with van der Waals surface area (Å²) in [4.78, 5) is 50.2. The number of benzene rings is 3. The molecule has 0 fully saturated rings. The van der Waals surface area contributed by atoms with Gasteiger partial charge in [0.15, 0.2) is 29.5 Å². The SMILES string of the molecule is COC(=O)O[C@H](C(=O)NC1Cc2ccc3c(c2)C24c5cccc(c5N[C@H]2O3)-c2cccc3c2C(=CC3)c2cnc(o2)-c2nc(oc24)[C@H](C(C)C)NC1=O)C(C)C. The van der Waals surface area contributed by atoms with Gasteiger partial charge in [0, 0.05) is 34.4 Å². The second-order valence-corrected chi connectivity index (χ2v) is 15.7. The lowest BCUT2D eigenvalue weighted by atomic mass is 9.72. The number of nitrogens with one attached hydrogen (secondary N) is 3. The van der Waals surface area contributed by atoms with Gasteiger partial charge in [-0.25, -0.2) is 14.8 Å². The predicted octanol–water partition coefficient (Wildman–Crippen LogP) is 6.44. The molecule has 0 saturated carbocycles. The van der Waals surface area contributed by atoms with Gasteiger partial charge in [0.05, 0.1) is 13.3 Å². The first-order valence-electron chi connectivity index (χ1n) is 18.9. The summed E-state index contributed by atoms with van der Waals surface area (Å²) in [5, 5.41) is 9.79. The van der Waals surface area contributed by atoms with Gasteiger partial charge in [-0.3, -0.25) is 9.59 Å². The van der Waals surface area contributed by atoms with E-state index in [0.29, 0.717) is 23.0 Å². The molecule has 2 aromatic heterocycles. The van der Waals surface area contributed by atoms with Crippen LogP contribution in [0.2, 0.25) is 0 Å². The minimum absolute atomic E-state index is 0.118. The van der Waals surface area contributed by atoms with Crippen LogP contribution in [-0.4, -0.2) is 53.4 Å². The number of anilines is 1. The summed E-state index contributed by atoms with van der Waals surface area (Å²) in [6.45, 7) is 7.40. The van der Waals surface area contributed by atoms with Crippen molar-refractivity contribution < 1.29 is 37.4 Å². The second-order valence-electron chi connectivity index (χ2n) is 15.7. The Morgan fingerprint density at radius 1 is 1.00 bits per heavy atom. The molecule has 13 heteroatoms. The number of carbonyl (C=O) groups excluding carboxylic acids is 3. The second kappa shape index (κ2) is 12.3. The van der Waals surface area contributed by atoms with E-state index in [4.69, 9.17) is 28.3 Å². The van der Waals surface area contributed by atoms with E-state index in [1.165, 1.54) is 12.7 Å². The zero-order valence-corrected chi connectivity index (χ0v) is 31.4. The van der Waals surface area contributed by atoms with Crippen molar-refractivity contribution in [3.63, 3.8) is 0 Å². The molecule has 3 aromatic carbocycles. The van der Waals surface area contributed by atoms with Crippen LogP contribution >= 0.6 is 0 Å². The quantitative estimate of drug-likeness (QED) is 0.169. The van der Waals surface area contributed by atoms with Crippen molar-refractivity contribution in [2.45, 2.75) is 70.4 Å². The van der Waals surface area contributed by atoms with Crippen molar-refractivity contribution in [1.29, 1.82) is 0 Å². The Balaban J connectivity index is 1.21. The van der Waals surface area contributed by atoms with Gasteiger partial charge in [-0.05, 0) is 46.6 Å². The molecule has 5 aromatic rings. The maximum atomic E-state index is 14.4. The third kappa shape index (κ3) is 4.82. The monoisotopic (exact) mass is 753 g/mol. The van der Waals surface area contributed by atoms with E-state index in [1.807, 2.05) is 32.0 Å². The molecule has 4 aliphatic heterocycles. The average molecular weight is 754 g/mol. The summed E-state index contributed by atoms with van der Waals surface area (Å²) in [5.41, 5.74) is 8.04. The zero-order chi connectivity index (χ0) is 38.6. The number of methoxy groups -OCH3 is 1. The maximum Gasteiger partial charge on any atom is 0.508 e. The summed E-state index contributed by atoms with van der Waals surface area (Å²) in [6, 6.07) is 16.6. The summed E-state index contributed by atoms with van der Waals surface area (Å²) in [6.07, 6.45) is 1.94. The first kappa shape index (κ1) is 34.1. The lowest BCUT2D eigenvalue weighted by Gasteiger charge is -2.29. The summed E-state index contributed by atoms with van der Waals surface area (Å²) < 4.78 is 30.5. The standard InChI is InChI=1S/C43H39N5O8/c1-19(2)32-40-47-34-36(56-40)43-26-11-7-10-24(23-9-6-8-22-13-14-25(31(22)23)30-18-44-39(34)53-30)33(26)48-41(43)54-29-15-12-21(16-27(29)43)17-28(37(49)46-32)45-38(50)35(20(3)4)55-42(51)52-5/h6-12,14-16,18-20,28,32,35,41,48H,13,17H2,1-5H3,(H,45,50)(H,46,49)/t28?,32-,35-,41-,43?/m0/s1. The summed E-state index contributed by atoms with van der Waals surface area (Å²) >= 11 is 0. The van der Waals surface area contributed by atoms with E-state index >= 15 is 0 Å². The molecule has 1 spiro atoms. The zero-order valence-electron chi connectivity index (χ0n) is 31.4. The molecular weight excluding hydrogens is 714 g/mol. The number of para-hydroxylation sites is 1. The molecule has 2 unspecified atom stereocenters. The van der Waals surface area contributed by atoms with Crippen molar-refractivity contribution in [1.82, 2.24) is 20.6 Å². The fraction of sp³-hybridized carbons (Fsp3) is 0.326. The highest BCUT2D eigenvalue weighted by atomic mass is 16.7. The van der Waals surface area contributed by atoms with E-state index in [1.54, 1.807) is 20.0 Å². The highest BCUT2D eigenvalue weighted by molar-refractivity contribution is 5.97. The van der Waals surface area contributed by atoms with Gasteiger partial charge in [0.25, 0.3) is 5.91 Å². The van der Waals surface area contributed by atoms with Crippen molar-refractivity contribution in [2.75, 3.05) is 12.4 Å². The first-order chi connectivity index (χ1) is 27.1. The number of hydrogen-bond acceptors (Lipinski definition) is 11. The van der Waals surface area contributed by atoms with Gasteiger partial charge in [-0.15, -0.1) is 0 Å². The van der Waals surface area contributed by atoms with Gasteiger partial charge in [-0.1, -0.05) is 82.3 Å². The maximum absolute atomic E-state index is 14.4. The number of rotatable bonds is 5. The highest BCUT2D eigenvalue weighted by Gasteiger charge is 2.61. The Labute approximate surface area is 321 Å². The van der Waals surface area contributed by atoms with Crippen LogP contribution in [0.1, 0.15) is 79.0 Å². The molecule has 284 valence electrons. The molecule has 0 saturated heterocycles. The van der Waals surface area contributed by atoms with Crippen LogP contribution in [-0.2, 0) is 37.3 Å². The van der Waals surface area contributed by atoms with E-state index in [0.717, 1.165) is 51.1 Å². The molecule has 5 aliphatic rings. The smallest absolute Gasteiger partial charge is 0.469 e. The molecule has 10 bridgehead atoms. The minimum Gasteiger partial charge on any atom is -0.469 e.